The van der Waals surface area contributed by atoms with E-state index in [1.165, 1.54) is 0 Å². The van der Waals surface area contributed by atoms with Gasteiger partial charge in [0.2, 0.25) is 17.7 Å². The monoisotopic (exact) mass is 381 g/mol. The molecular formula is C21H23N3O4. The highest BCUT2D eigenvalue weighted by Gasteiger charge is 2.34. The van der Waals surface area contributed by atoms with Crippen LogP contribution in [0.25, 0.3) is 0 Å². The van der Waals surface area contributed by atoms with E-state index < -0.39 is 5.92 Å². The fourth-order valence-electron chi connectivity index (χ4n) is 3.11. The third-order valence-electron chi connectivity index (χ3n) is 4.57. The molecule has 7 nitrogen and oxygen atoms in total. The van der Waals surface area contributed by atoms with Crippen LogP contribution in [0.15, 0.2) is 54.6 Å². The van der Waals surface area contributed by atoms with E-state index in [0.29, 0.717) is 18.0 Å². The van der Waals surface area contributed by atoms with E-state index in [-0.39, 0.29) is 37.1 Å². The van der Waals surface area contributed by atoms with Crippen LogP contribution in [0.3, 0.4) is 0 Å². The molecule has 2 aromatic rings. The molecule has 1 heterocycles. The second kappa shape index (κ2) is 9.03. The number of hydrogen-bond donors (Lipinski definition) is 2. The zero-order valence-corrected chi connectivity index (χ0v) is 15.7. The molecule has 28 heavy (non-hydrogen) atoms. The highest BCUT2D eigenvalue weighted by atomic mass is 16.5. The fraction of sp³-hybridized carbons (Fsp3) is 0.286. The number of anilines is 2. The summed E-state index contributed by atoms with van der Waals surface area (Å²) in [6.45, 7) is 0.565. The molecule has 1 fully saturated rings. The molecule has 1 aliphatic rings. The molecule has 0 radical (unpaired) electrons. The van der Waals surface area contributed by atoms with Crippen LogP contribution in [0.2, 0.25) is 0 Å². The molecule has 0 unspecified atom stereocenters. The van der Waals surface area contributed by atoms with Crippen LogP contribution in [-0.2, 0) is 14.4 Å². The minimum atomic E-state index is -0.408. The van der Waals surface area contributed by atoms with Gasteiger partial charge in [0.05, 0.1) is 13.0 Å². The maximum absolute atomic E-state index is 12.4. The Morgan fingerprint density at radius 3 is 2.68 bits per heavy atom. The van der Waals surface area contributed by atoms with Crippen LogP contribution in [0.5, 0.6) is 5.75 Å². The molecule has 1 atom stereocenters. The number of methoxy groups -OCH3 is 1. The van der Waals surface area contributed by atoms with Crippen LogP contribution in [-0.4, -0.2) is 37.9 Å². The van der Waals surface area contributed by atoms with Crippen molar-refractivity contribution in [3.8, 4) is 5.75 Å². The third-order valence-corrected chi connectivity index (χ3v) is 4.57. The molecule has 1 aliphatic heterocycles. The number of nitrogens with zero attached hydrogens (tertiary/aromatic N) is 1. The summed E-state index contributed by atoms with van der Waals surface area (Å²) >= 11 is 0. The lowest BCUT2D eigenvalue weighted by Gasteiger charge is -2.16. The van der Waals surface area contributed by atoms with E-state index in [4.69, 9.17) is 4.74 Å². The van der Waals surface area contributed by atoms with E-state index in [1.54, 1.807) is 36.3 Å². The Morgan fingerprint density at radius 2 is 1.93 bits per heavy atom. The maximum atomic E-state index is 12.4. The third kappa shape index (κ3) is 4.88. The molecular weight excluding hydrogens is 358 g/mol. The summed E-state index contributed by atoms with van der Waals surface area (Å²) in [7, 11) is 1.56. The first-order chi connectivity index (χ1) is 13.6. The van der Waals surface area contributed by atoms with E-state index in [1.807, 2.05) is 30.3 Å². The van der Waals surface area contributed by atoms with Crippen molar-refractivity contribution >= 4 is 29.1 Å². The van der Waals surface area contributed by atoms with Crippen molar-refractivity contribution in [1.82, 2.24) is 5.32 Å². The largest absolute Gasteiger partial charge is 0.497 e. The molecule has 0 aliphatic carbocycles. The zero-order valence-electron chi connectivity index (χ0n) is 15.7. The first kappa shape index (κ1) is 19.4. The van der Waals surface area contributed by atoms with Crippen LogP contribution >= 0.6 is 0 Å². The first-order valence-electron chi connectivity index (χ1n) is 9.14. The predicted octanol–water partition coefficient (Wildman–Crippen LogP) is 2.19. The summed E-state index contributed by atoms with van der Waals surface area (Å²) in [6, 6.07) is 16.4. The van der Waals surface area contributed by atoms with E-state index in [2.05, 4.69) is 10.6 Å². The number of amides is 3. The SMILES string of the molecule is COc1cccc(NC(=O)CCNC(=O)[C@H]2CC(=O)N(c3ccccc3)C2)c1. The number of para-hydroxylation sites is 1. The number of ether oxygens (including phenoxy) is 1. The van der Waals surface area contributed by atoms with Gasteiger partial charge in [0.1, 0.15) is 5.75 Å². The molecule has 3 rings (SSSR count). The van der Waals surface area contributed by atoms with Crippen molar-refractivity contribution in [2.45, 2.75) is 12.8 Å². The summed E-state index contributed by atoms with van der Waals surface area (Å²) in [6.07, 6.45) is 0.322. The van der Waals surface area contributed by atoms with Gasteiger partial charge in [0.15, 0.2) is 0 Å². The van der Waals surface area contributed by atoms with Gasteiger partial charge in [0, 0.05) is 43.4 Å². The normalized spacial score (nSPS) is 16.0. The van der Waals surface area contributed by atoms with Crippen LogP contribution in [0.4, 0.5) is 11.4 Å². The van der Waals surface area contributed by atoms with Crippen molar-refractivity contribution in [2.24, 2.45) is 5.92 Å². The Balaban J connectivity index is 1.44. The lowest BCUT2D eigenvalue weighted by molar-refractivity contribution is -0.126. The van der Waals surface area contributed by atoms with Crippen LogP contribution in [0, 0.1) is 5.92 Å². The van der Waals surface area contributed by atoms with Gasteiger partial charge in [-0.2, -0.15) is 0 Å². The Labute approximate surface area is 163 Å². The number of carbonyl (C=O) groups is 3. The smallest absolute Gasteiger partial charge is 0.227 e. The van der Waals surface area contributed by atoms with E-state index in [0.717, 1.165) is 5.69 Å². The summed E-state index contributed by atoms with van der Waals surface area (Å²) in [5, 5.41) is 5.52. The van der Waals surface area contributed by atoms with Crippen molar-refractivity contribution in [1.29, 1.82) is 0 Å². The maximum Gasteiger partial charge on any atom is 0.227 e. The molecule has 0 aromatic heterocycles. The van der Waals surface area contributed by atoms with Gasteiger partial charge in [-0.05, 0) is 24.3 Å². The topological polar surface area (TPSA) is 87.7 Å². The van der Waals surface area contributed by atoms with Crippen molar-refractivity contribution in [3.05, 3.63) is 54.6 Å². The molecule has 146 valence electrons. The number of hydrogen-bond acceptors (Lipinski definition) is 4. The Hall–Kier alpha value is -3.35. The van der Waals surface area contributed by atoms with Crippen molar-refractivity contribution in [3.63, 3.8) is 0 Å². The molecule has 0 spiro atoms. The predicted molar refractivity (Wildman–Crippen MR) is 106 cm³/mol. The minimum absolute atomic E-state index is 0.0675. The van der Waals surface area contributed by atoms with Gasteiger partial charge in [-0.25, -0.2) is 0 Å². The van der Waals surface area contributed by atoms with Crippen molar-refractivity contribution in [2.75, 3.05) is 30.4 Å². The molecule has 2 aromatic carbocycles. The van der Waals surface area contributed by atoms with Gasteiger partial charge in [-0.3, -0.25) is 14.4 Å². The molecule has 0 saturated carbocycles. The Morgan fingerprint density at radius 1 is 1.14 bits per heavy atom. The average Bonchev–Trinajstić information content (AvgIpc) is 3.10. The Kier molecular flexibility index (Phi) is 6.26. The second-order valence-electron chi connectivity index (χ2n) is 6.56. The molecule has 1 saturated heterocycles. The van der Waals surface area contributed by atoms with E-state index >= 15 is 0 Å². The van der Waals surface area contributed by atoms with Crippen LogP contribution < -0.4 is 20.3 Å². The molecule has 2 N–H and O–H groups in total. The summed E-state index contributed by atoms with van der Waals surface area (Å²) in [5.74, 6) is -0.237. The van der Waals surface area contributed by atoms with Crippen molar-refractivity contribution < 1.29 is 19.1 Å². The fourth-order valence-corrected chi connectivity index (χ4v) is 3.11. The number of nitrogens with one attached hydrogen (secondary N) is 2. The highest BCUT2D eigenvalue weighted by molar-refractivity contribution is 6.00. The standard InChI is InChI=1S/C21H23N3O4/c1-28-18-9-5-6-16(13-18)23-19(25)10-11-22-21(27)15-12-20(26)24(14-15)17-7-3-2-4-8-17/h2-9,13,15H,10-12,14H2,1H3,(H,22,27)(H,23,25)/t15-/m0/s1. The average molecular weight is 381 g/mol. The minimum Gasteiger partial charge on any atom is -0.497 e. The van der Waals surface area contributed by atoms with Gasteiger partial charge >= 0.3 is 0 Å². The van der Waals surface area contributed by atoms with Gasteiger partial charge < -0.3 is 20.3 Å². The summed E-state index contributed by atoms with van der Waals surface area (Å²) in [4.78, 5) is 38.2. The summed E-state index contributed by atoms with van der Waals surface area (Å²) < 4.78 is 5.12. The second-order valence-corrected chi connectivity index (χ2v) is 6.56. The van der Waals surface area contributed by atoms with E-state index in [9.17, 15) is 14.4 Å². The lowest BCUT2D eigenvalue weighted by Crippen LogP contribution is -2.34. The van der Waals surface area contributed by atoms with Gasteiger partial charge in [-0.15, -0.1) is 0 Å². The number of carbonyl (C=O) groups excluding carboxylic acids is 3. The zero-order chi connectivity index (χ0) is 19.9. The Bertz CT molecular complexity index is 854. The molecule has 0 bridgehead atoms. The number of benzene rings is 2. The van der Waals surface area contributed by atoms with Crippen LogP contribution in [0.1, 0.15) is 12.8 Å². The molecule has 3 amide bonds. The lowest BCUT2D eigenvalue weighted by atomic mass is 10.1. The first-order valence-corrected chi connectivity index (χ1v) is 9.14. The quantitative estimate of drug-likeness (QED) is 0.770. The van der Waals surface area contributed by atoms with Gasteiger partial charge in [-0.1, -0.05) is 24.3 Å². The van der Waals surface area contributed by atoms with Gasteiger partial charge in [0.25, 0.3) is 0 Å². The highest BCUT2D eigenvalue weighted by Crippen LogP contribution is 2.24. The number of rotatable bonds is 7. The summed E-state index contributed by atoms with van der Waals surface area (Å²) in [5.41, 5.74) is 1.43. The molecule has 7 heteroatoms.